The molecule has 0 saturated heterocycles. The minimum atomic E-state index is -4.47. The summed E-state index contributed by atoms with van der Waals surface area (Å²) < 4.78 is 48.1. The average Bonchev–Trinajstić information content (AvgIpc) is 3.04. The minimum Gasteiger partial charge on any atom is -0.472 e. The Morgan fingerprint density at radius 2 is 2.12 bits per heavy atom. The summed E-state index contributed by atoms with van der Waals surface area (Å²) in [6, 6.07) is 5.67. The zero-order chi connectivity index (χ0) is 17.6. The summed E-state index contributed by atoms with van der Waals surface area (Å²) in [5.74, 6) is 0. The van der Waals surface area contributed by atoms with Crippen LogP contribution in [0.2, 0.25) is 0 Å². The van der Waals surface area contributed by atoms with E-state index in [0.717, 1.165) is 17.7 Å². The molecule has 0 fully saturated rings. The lowest BCUT2D eigenvalue weighted by Crippen LogP contribution is -2.36. The fourth-order valence-electron chi connectivity index (χ4n) is 2.03. The van der Waals surface area contributed by atoms with E-state index in [0.29, 0.717) is 6.61 Å². The van der Waals surface area contributed by atoms with Crippen LogP contribution >= 0.6 is 0 Å². The molecule has 0 aliphatic heterocycles. The summed E-state index contributed by atoms with van der Waals surface area (Å²) in [6.45, 7) is 0.838. The average molecular weight is 342 g/mol. The van der Waals surface area contributed by atoms with Gasteiger partial charge in [-0.25, -0.2) is 4.79 Å². The quantitative estimate of drug-likeness (QED) is 0.864. The number of benzene rings is 1. The number of carbonyl (C=O) groups is 1. The molecular weight excluding hydrogens is 325 g/mol. The number of urea groups is 1. The van der Waals surface area contributed by atoms with Crippen LogP contribution < -0.4 is 5.32 Å². The van der Waals surface area contributed by atoms with E-state index in [2.05, 4.69) is 5.32 Å². The Bertz CT molecular complexity index is 657. The number of hydrogen-bond donors (Lipinski definition) is 1. The Hall–Kier alpha value is -2.48. The summed E-state index contributed by atoms with van der Waals surface area (Å²) in [7, 11) is 1.50. The first-order chi connectivity index (χ1) is 11.4. The molecule has 130 valence electrons. The number of furan rings is 1. The van der Waals surface area contributed by atoms with Crippen molar-refractivity contribution < 1.29 is 27.1 Å². The van der Waals surface area contributed by atoms with E-state index in [9.17, 15) is 18.0 Å². The predicted octanol–water partition coefficient (Wildman–Crippen LogP) is 3.98. The summed E-state index contributed by atoms with van der Waals surface area (Å²) in [5.41, 5.74) is 0.0216. The summed E-state index contributed by atoms with van der Waals surface area (Å²) in [5, 5.41) is 2.48. The largest absolute Gasteiger partial charge is 0.472 e. The Kier molecular flexibility index (Phi) is 5.86. The lowest BCUT2D eigenvalue weighted by Gasteiger charge is -2.22. The van der Waals surface area contributed by atoms with Crippen LogP contribution in [0.15, 0.2) is 47.3 Å². The van der Waals surface area contributed by atoms with Gasteiger partial charge in [0.15, 0.2) is 0 Å². The van der Waals surface area contributed by atoms with Gasteiger partial charge < -0.3 is 19.4 Å². The van der Waals surface area contributed by atoms with E-state index in [4.69, 9.17) is 9.15 Å². The molecule has 1 heterocycles. The maximum Gasteiger partial charge on any atom is 0.416 e. The third-order valence-corrected chi connectivity index (χ3v) is 3.25. The van der Waals surface area contributed by atoms with Gasteiger partial charge in [-0.1, -0.05) is 6.07 Å². The van der Waals surface area contributed by atoms with Crippen LogP contribution in [-0.2, 0) is 17.5 Å². The number of carbonyl (C=O) groups excluding carboxylic acids is 1. The SMILES string of the molecule is COCCN(Cc1ccoc1)C(=O)Nc1cccc(C(F)(F)F)c1. The fourth-order valence-corrected chi connectivity index (χ4v) is 2.03. The topological polar surface area (TPSA) is 54.7 Å². The van der Waals surface area contributed by atoms with Crippen LogP contribution in [0.3, 0.4) is 0 Å². The Morgan fingerprint density at radius 1 is 1.33 bits per heavy atom. The van der Waals surface area contributed by atoms with Gasteiger partial charge in [0, 0.05) is 24.9 Å². The number of rotatable bonds is 6. The Morgan fingerprint density at radius 3 is 2.75 bits per heavy atom. The van der Waals surface area contributed by atoms with Crippen molar-refractivity contribution in [2.75, 3.05) is 25.6 Å². The third-order valence-electron chi connectivity index (χ3n) is 3.25. The summed E-state index contributed by atoms with van der Waals surface area (Å²) in [4.78, 5) is 13.8. The number of anilines is 1. The molecule has 0 aliphatic carbocycles. The normalized spacial score (nSPS) is 11.3. The van der Waals surface area contributed by atoms with Crippen LogP contribution in [0.25, 0.3) is 0 Å². The van der Waals surface area contributed by atoms with E-state index in [-0.39, 0.29) is 18.8 Å². The first kappa shape index (κ1) is 17.9. The van der Waals surface area contributed by atoms with E-state index < -0.39 is 17.8 Å². The highest BCUT2D eigenvalue weighted by Crippen LogP contribution is 2.30. The van der Waals surface area contributed by atoms with Gasteiger partial charge in [0.1, 0.15) is 0 Å². The van der Waals surface area contributed by atoms with Crippen LogP contribution in [0.4, 0.5) is 23.7 Å². The van der Waals surface area contributed by atoms with Crippen LogP contribution in [0, 0.1) is 0 Å². The Labute approximate surface area is 137 Å². The van der Waals surface area contributed by atoms with Gasteiger partial charge in [-0.05, 0) is 24.3 Å². The molecule has 0 radical (unpaired) electrons. The van der Waals surface area contributed by atoms with Crippen molar-refractivity contribution >= 4 is 11.7 Å². The molecule has 1 N–H and O–H groups in total. The molecule has 0 unspecified atom stereocenters. The van der Waals surface area contributed by atoms with Gasteiger partial charge in [-0.15, -0.1) is 0 Å². The van der Waals surface area contributed by atoms with Crippen LogP contribution in [-0.4, -0.2) is 31.2 Å². The number of nitrogens with zero attached hydrogens (tertiary/aromatic N) is 1. The van der Waals surface area contributed by atoms with Crippen molar-refractivity contribution in [3.8, 4) is 0 Å². The maximum absolute atomic E-state index is 12.7. The van der Waals surface area contributed by atoms with Crippen LogP contribution in [0.5, 0.6) is 0 Å². The van der Waals surface area contributed by atoms with Crippen molar-refractivity contribution in [3.63, 3.8) is 0 Å². The van der Waals surface area contributed by atoms with Gasteiger partial charge in [-0.2, -0.15) is 13.2 Å². The van der Waals surface area contributed by atoms with Gasteiger partial charge in [0.2, 0.25) is 0 Å². The second-order valence-electron chi connectivity index (χ2n) is 5.05. The maximum atomic E-state index is 12.7. The molecule has 0 bridgehead atoms. The van der Waals surface area contributed by atoms with Crippen molar-refractivity contribution in [3.05, 3.63) is 54.0 Å². The zero-order valence-corrected chi connectivity index (χ0v) is 13.0. The summed E-state index contributed by atoms with van der Waals surface area (Å²) in [6.07, 6.45) is -1.49. The zero-order valence-electron chi connectivity index (χ0n) is 13.0. The number of halogens is 3. The third kappa shape index (κ3) is 5.02. The molecule has 0 saturated carbocycles. The minimum absolute atomic E-state index is 0.0736. The molecule has 0 spiro atoms. The first-order valence-electron chi connectivity index (χ1n) is 7.13. The molecule has 2 aromatic rings. The molecule has 24 heavy (non-hydrogen) atoms. The number of hydrogen-bond acceptors (Lipinski definition) is 3. The molecule has 1 aromatic heterocycles. The fraction of sp³-hybridized carbons (Fsp3) is 0.312. The number of amides is 2. The van der Waals surface area contributed by atoms with E-state index in [1.54, 1.807) is 6.07 Å². The molecule has 0 aliphatic rings. The van der Waals surface area contributed by atoms with Crippen molar-refractivity contribution in [2.24, 2.45) is 0 Å². The van der Waals surface area contributed by atoms with Gasteiger partial charge in [-0.3, -0.25) is 0 Å². The smallest absolute Gasteiger partial charge is 0.416 e. The van der Waals surface area contributed by atoms with Gasteiger partial charge >= 0.3 is 12.2 Å². The molecule has 2 rings (SSSR count). The number of ether oxygens (including phenoxy) is 1. The van der Waals surface area contributed by atoms with Gasteiger partial charge in [0.25, 0.3) is 0 Å². The highest BCUT2D eigenvalue weighted by Gasteiger charge is 2.30. The van der Waals surface area contributed by atoms with E-state index >= 15 is 0 Å². The lowest BCUT2D eigenvalue weighted by molar-refractivity contribution is -0.137. The van der Waals surface area contributed by atoms with Crippen LogP contribution in [0.1, 0.15) is 11.1 Å². The first-order valence-corrected chi connectivity index (χ1v) is 7.13. The molecule has 8 heteroatoms. The van der Waals surface area contributed by atoms with Crippen molar-refractivity contribution in [2.45, 2.75) is 12.7 Å². The van der Waals surface area contributed by atoms with Gasteiger partial charge in [0.05, 0.1) is 31.2 Å². The molecule has 5 nitrogen and oxygen atoms in total. The standard InChI is InChI=1S/C16H17F3N2O3/c1-23-8-6-21(10-12-5-7-24-11-12)15(22)20-14-4-2-3-13(9-14)16(17,18)19/h2-5,7,9,11H,6,8,10H2,1H3,(H,20,22). The number of methoxy groups -OCH3 is 1. The van der Waals surface area contributed by atoms with E-state index in [1.165, 1.54) is 36.7 Å². The number of alkyl halides is 3. The van der Waals surface area contributed by atoms with E-state index in [1.807, 2.05) is 0 Å². The highest BCUT2D eigenvalue weighted by molar-refractivity contribution is 5.89. The number of nitrogens with one attached hydrogen (secondary N) is 1. The second-order valence-corrected chi connectivity index (χ2v) is 5.05. The second kappa shape index (κ2) is 7.87. The molecule has 2 amide bonds. The molecule has 0 atom stereocenters. The summed E-state index contributed by atoms with van der Waals surface area (Å²) >= 11 is 0. The lowest BCUT2D eigenvalue weighted by atomic mass is 10.2. The molecular formula is C16H17F3N2O3. The predicted molar refractivity (Wildman–Crippen MR) is 81.5 cm³/mol. The van der Waals surface area contributed by atoms with Crippen molar-refractivity contribution in [1.29, 1.82) is 0 Å². The highest BCUT2D eigenvalue weighted by atomic mass is 19.4. The Balaban J connectivity index is 2.09. The monoisotopic (exact) mass is 342 g/mol. The van der Waals surface area contributed by atoms with Crippen molar-refractivity contribution in [1.82, 2.24) is 4.90 Å². The molecule has 1 aromatic carbocycles.